The van der Waals surface area contributed by atoms with E-state index in [2.05, 4.69) is 20.9 Å². The molecule has 2 aliphatic heterocycles. The second-order valence-corrected chi connectivity index (χ2v) is 14.2. The molecule has 8 heteroatoms. The van der Waals surface area contributed by atoms with Crippen LogP contribution in [0, 0.1) is 11.8 Å². The SMILES string of the molecule is O=C(Nc1ccc2c(c1)C(F)(F)c1cc(-c3ccc4[nH]c([C@@H]5CC6CCCCC6N5)nc4c3)ccc1-2)[C@@H]1C[C@@H]2CCCC[C@@H]2N1. The molecular formula is C37H39F2N5O. The number of imidazole rings is 1. The Bertz CT molecular complexity index is 1790. The van der Waals surface area contributed by atoms with Crippen LogP contribution in [0.3, 0.4) is 0 Å². The van der Waals surface area contributed by atoms with Gasteiger partial charge < -0.3 is 20.9 Å². The maximum absolute atomic E-state index is 16.1. The molecule has 4 N–H and O–H groups in total. The van der Waals surface area contributed by atoms with Gasteiger partial charge in [-0.05, 0) is 103 Å². The largest absolute Gasteiger partial charge is 0.341 e. The lowest BCUT2D eigenvalue weighted by molar-refractivity contribution is -0.117. The van der Waals surface area contributed by atoms with E-state index in [0.717, 1.165) is 59.6 Å². The minimum absolute atomic E-state index is 0.000543. The second kappa shape index (κ2) is 10.5. The number of hydrogen-bond donors (Lipinski definition) is 4. The number of amides is 1. The van der Waals surface area contributed by atoms with Crippen LogP contribution >= 0.6 is 0 Å². The van der Waals surface area contributed by atoms with E-state index in [9.17, 15) is 4.79 Å². The fourth-order valence-corrected chi connectivity index (χ4v) is 9.13. The lowest BCUT2D eigenvalue weighted by Crippen LogP contribution is -2.39. The van der Waals surface area contributed by atoms with Gasteiger partial charge in [-0.2, -0.15) is 8.78 Å². The average molecular weight is 608 g/mol. The third-order valence-electron chi connectivity index (χ3n) is 11.5. The van der Waals surface area contributed by atoms with Crippen molar-refractivity contribution in [3.05, 3.63) is 71.5 Å². The zero-order valence-electron chi connectivity index (χ0n) is 25.3. The van der Waals surface area contributed by atoms with Crippen molar-refractivity contribution in [1.29, 1.82) is 0 Å². The molecule has 9 rings (SSSR count). The molecule has 2 unspecified atom stereocenters. The highest BCUT2D eigenvalue weighted by molar-refractivity contribution is 5.96. The molecule has 4 aromatic rings. The van der Waals surface area contributed by atoms with Gasteiger partial charge in [0, 0.05) is 28.9 Å². The van der Waals surface area contributed by atoms with Gasteiger partial charge in [-0.3, -0.25) is 4.79 Å². The van der Waals surface area contributed by atoms with E-state index in [-0.39, 0.29) is 29.1 Å². The van der Waals surface area contributed by atoms with Crippen LogP contribution in [0.2, 0.25) is 0 Å². The summed E-state index contributed by atoms with van der Waals surface area (Å²) in [5, 5.41) is 10.2. The number of nitrogens with one attached hydrogen (secondary N) is 4. The number of carbonyl (C=O) groups is 1. The Kier molecular flexibility index (Phi) is 6.43. The number of aromatic nitrogens is 2. The molecule has 3 aliphatic carbocycles. The predicted octanol–water partition coefficient (Wildman–Crippen LogP) is 7.80. The average Bonchev–Trinajstić information content (AvgIpc) is 3.83. The van der Waals surface area contributed by atoms with Crippen molar-refractivity contribution in [3.8, 4) is 22.3 Å². The first kappa shape index (κ1) is 27.7. The topological polar surface area (TPSA) is 81.8 Å². The van der Waals surface area contributed by atoms with Gasteiger partial charge in [0.15, 0.2) is 0 Å². The highest BCUT2D eigenvalue weighted by atomic mass is 19.3. The minimum atomic E-state index is -3.17. The Labute approximate surface area is 261 Å². The fraction of sp³-hybridized carbons (Fsp3) is 0.459. The van der Waals surface area contributed by atoms with Crippen LogP contribution in [-0.2, 0) is 10.7 Å². The minimum Gasteiger partial charge on any atom is -0.341 e. The molecule has 0 radical (unpaired) electrons. The number of hydrogen-bond acceptors (Lipinski definition) is 4. The number of nitrogens with zero attached hydrogens (tertiary/aromatic N) is 1. The van der Waals surface area contributed by atoms with Crippen LogP contribution in [-0.4, -0.2) is 34.0 Å². The molecule has 232 valence electrons. The number of aromatic amines is 1. The number of fused-ring (bicyclic) bond motifs is 6. The van der Waals surface area contributed by atoms with Gasteiger partial charge in [-0.25, -0.2) is 4.98 Å². The molecule has 3 aromatic carbocycles. The smallest absolute Gasteiger partial charge is 0.299 e. The van der Waals surface area contributed by atoms with Gasteiger partial charge in [-0.1, -0.05) is 49.9 Å². The van der Waals surface area contributed by atoms with E-state index in [4.69, 9.17) is 4.98 Å². The predicted molar refractivity (Wildman–Crippen MR) is 172 cm³/mol. The van der Waals surface area contributed by atoms with E-state index >= 15 is 8.78 Å². The molecule has 6 nitrogen and oxygen atoms in total. The summed E-state index contributed by atoms with van der Waals surface area (Å²) >= 11 is 0. The molecule has 3 heterocycles. The molecule has 45 heavy (non-hydrogen) atoms. The molecule has 0 bridgehead atoms. The highest BCUT2D eigenvalue weighted by Gasteiger charge is 2.45. The van der Waals surface area contributed by atoms with Crippen molar-refractivity contribution in [2.75, 3.05) is 5.32 Å². The van der Waals surface area contributed by atoms with E-state index in [1.54, 1.807) is 24.3 Å². The van der Waals surface area contributed by atoms with Crippen molar-refractivity contribution < 1.29 is 13.6 Å². The standard InChI is InChI=1S/C37H39F2N5O/c38-37(39)27-15-20(21-10-14-31-32(16-21)44-35(43-31)33-17-22-5-1-3-7-29(22)41-33)9-12-25(27)26-13-11-24(19-28(26)37)40-36(45)34-18-23-6-2-4-8-30(23)42-34/h9-16,19,22-23,29-30,33-34,41-42H,1-8,17-18H2,(H,40,45)(H,43,44)/t22?,23-,29?,30-,33-,34-/m0/s1. The van der Waals surface area contributed by atoms with Crippen molar-refractivity contribution in [3.63, 3.8) is 0 Å². The summed E-state index contributed by atoms with van der Waals surface area (Å²) in [6.07, 6.45) is 11.8. The summed E-state index contributed by atoms with van der Waals surface area (Å²) < 4.78 is 32.1. The Morgan fingerprint density at radius 1 is 0.778 bits per heavy atom. The third kappa shape index (κ3) is 4.63. The maximum atomic E-state index is 16.1. The van der Waals surface area contributed by atoms with Gasteiger partial charge in [0.2, 0.25) is 5.91 Å². The maximum Gasteiger partial charge on any atom is 0.299 e. The van der Waals surface area contributed by atoms with Crippen LogP contribution in [0.15, 0.2) is 54.6 Å². The van der Waals surface area contributed by atoms with Crippen LogP contribution in [0.4, 0.5) is 14.5 Å². The molecule has 1 amide bonds. The van der Waals surface area contributed by atoms with Crippen molar-refractivity contribution >= 4 is 22.6 Å². The van der Waals surface area contributed by atoms with Crippen molar-refractivity contribution in [2.45, 2.75) is 94.3 Å². The van der Waals surface area contributed by atoms with Gasteiger partial charge in [-0.15, -0.1) is 0 Å². The normalized spacial score (nSPS) is 29.6. The van der Waals surface area contributed by atoms with Crippen LogP contribution < -0.4 is 16.0 Å². The van der Waals surface area contributed by atoms with E-state index in [1.807, 2.05) is 24.3 Å². The van der Waals surface area contributed by atoms with E-state index in [1.165, 1.54) is 44.6 Å². The fourth-order valence-electron chi connectivity index (χ4n) is 9.13. The molecule has 1 aromatic heterocycles. The number of H-pyrrole nitrogens is 1. The van der Waals surface area contributed by atoms with Crippen molar-refractivity contribution in [2.24, 2.45) is 11.8 Å². The number of carbonyl (C=O) groups excluding carboxylic acids is 1. The molecule has 4 fully saturated rings. The van der Waals surface area contributed by atoms with E-state index < -0.39 is 5.92 Å². The van der Waals surface area contributed by atoms with Gasteiger partial charge in [0.1, 0.15) is 5.82 Å². The first-order chi connectivity index (χ1) is 21.9. The molecule has 0 spiro atoms. The second-order valence-electron chi connectivity index (χ2n) is 14.2. The third-order valence-corrected chi connectivity index (χ3v) is 11.5. The van der Waals surface area contributed by atoms with Crippen LogP contribution in [0.1, 0.15) is 87.2 Å². The highest BCUT2D eigenvalue weighted by Crippen LogP contribution is 2.52. The number of benzene rings is 3. The first-order valence-corrected chi connectivity index (χ1v) is 16.9. The monoisotopic (exact) mass is 607 g/mol. The van der Waals surface area contributed by atoms with Crippen LogP contribution in [0.25, 0.3) is 33.3 Å². The number of rotatable bonds is 4. The Balaban J connectivity index is 0.954. The van der Waals surface area contributed by atoms with Gasteiger partial charge >= 0.3 is 0 Å². The van der Waals surface area contributed by atoms with Gasteiger partial charge in [0.05, 0.1) is 23.1 Å². The quantitative estimate of drug-likeness (QED) is 0.191. The zero-order chi connectivity index (χ0) is 30.3. The lowest BCUT2D eigenvalue weighted by atomic mass is 9.85. The molecule has 2 saturated heterocycles. The summed E-state index contributed by atoms with van der Waals surface area (Å²) in [7, 11) is 0. The van der Waals surface area contributed by atoms with Crippen molar-refractivity contribution in [1.82, 2.24) is 20.6 Å². The Hall–Kier alpha value is -3.62. The summed E-state index contributed by atoms with van der Waals surface area (Å²) in [4.78, 5) is 21.6. The van der Waals surface area contributed by atoms with Crippen LogP contribution in [0.5, 0.6) is 0 Å². The summed E-state index contributed by atoms with van der Waals surface area (Å²) in [6, 6.07) is 17.2. The number of anilines is 1. The molecule has 5 aliphatic rings. The summed E-state index contributed by atoms with van der Waals surface area (Å²) in [5.74, 6) is -1.07. The zero-order valence-corrected chi connectivity index (χ0v) is 25.3. The summed E-state index contributed by atoms with van der Waals surface area (Å²) in [6.45, 7) is 0. The molecular weight excluding hydrogens is 568 g/mol. The molecule has 6 atom stereocenters. The molecule has 2 saturated carbocycles. The number of alkyl halides is 2. The van der Waals surface area contributed by atoms with E-state index in [0.29, 0.717) is 34.8 Å². The Morgan fingerprint density at radius 3 is 2.22 bits per heavy atom. The summed E-state index contributed by atoms with van der Waals surface area (Å²) in [5.41, 5.74) is 4.82. The Morgan fingerprint density at radius 2 is 1.44 bits per heavy atom. The number of halogens is 2. The first-order valence-electron chi connectivity index (χ1n) is 16.9. The lowest BCUT2D eigenvalue weighted by Gasteiger charge is -2.24. The van der Waals surface area contributed by atoms with Gasteiger partial charge in [0.25, 0.3) is 5.92 Å².